The quantitative estimate of drug-likeness (QED) is 0.867. The van der Waals surface area contributed by atoms with Crippen molar-refractivity contribution in [3.8, 4) is 0 Å². The van der Waals surface area contributed by atoms with E-state index < -0.39 is 0 Å². The van der Waals surface area contributed by atoms with Gasteiger partial charge in [-0.15, -0.1) is 0 Å². The highest BCUT2D eigenvalue weighted by Gasteiger charge is 2.14. The Morgan fingerprint density at radius 2 is 2.43 bits per heavy atom. The van der Waals surface area contributed by atoms with E-state index in [0.717, 1.165) is 19.8 Å². The van der Waals surface area contributed by atoms with Gasteiger partial charge in [-0.2, -0.15) is 0 Å². The molecule has 0 radical (unpaired) electrons. The van der Waals surface area contributed by atoms with Gasteiger partial charge < -0.3 is 10.1 Å². The van der Waals surface area contributed by atoms with E-state index in [9.17, 15) is 0 Å². The third-order valence-electron chi connectivity index (χ3n) is 2.44. The van der Waals surface area contributed by atoms with Crippen LogP contribution in [0.15, 0.2) is 24.3 Å². The van der Waals surface area contributed by atoms with E-state index in [-0.39, 0.29) is 0 Å². The molecule has 1 aromatic carbocycles. The van der Waals surface area contributed by atoms with Gasteiger partial charge in [0.1, 0.15) is 0 Å². The molecule has 3 heteroatoms. The smallest absolute Gasteiger partial charge is 0.0511 e. The molecule has 1 N–H and O–H groups in total. The molecule has 1 aliphatic heterocycles. The molecule has 0 bridgehead atoms. The van der Waals surface area contributed by atoms with Crippen LogP contribution < -0.4 is 5.32 Å². The molecule has 0 aliphatic carbocycles. The Morgan fingerprint density at radius 3 is 3.14 bits per heavy atom. The lowest BCUT2D eigenvalue weighted by Gasteiger charge is -2.10. The van der Waals surface area contributed by atoms with Crippen molar-refractivity contribution in [1.82, 2.24) is 0 Å². The van der Waals surface area contributed by atoms with Gasteiger partial charge in [0.15, 0.2) is 0 Å². The summed E-state index contributed by atoms with van der Waals surface area (Å²) < 4.78 is 6.60. The van der Waals surface area contributed by atoms with Crippen molar-refractivity contribution < 1.29 is 4.74 Å². The van der Waals surface area contributed by atoms with Crippen LogP contribution in [0.25, 0.3) is 0 Å². The number of ether oxygens (including phenoxy) is 1. The topological polar surface area (TPSA) is 21.3 Å². The van der Waals surface area contributed by atoms with Crippen LogP contribution in [-0.4, -0.2) is 19.8 Å². The van der Waals surface area contributed by atoms with Crippen molar-refractivity contribution in [2.24, 2.45) is 5.92 Å². The van der Waals surface area contributed by atoms with E-state index in [1.54, 1.807) is 0 Å². The van der Waals surface area contributed by atoms with Crippen LogP contribution in [0.2, 0.25) is 0 Å². The fourth-order valence-electron chi connectivity index (χ4n) is 1.60. The van der Waals surface area contributed by atoms with Gasteiger partial charge in [-0.05, 0) is 47.2 Å². The molecular formula is C11H14INO. The average molecular weight is 303 g/mol. The summed E-state index contributed by atoms with van der Waals surface area (Å²) in [6.45, 7) is 2.87. The van der Waals surface area contributed by atoms with Crippen LogP contribution in [0.1, 0.15) is 6.42 Å². The molecule has 1 aromatic rings. The largest absolute Gasteiger partial charge is 0.385 e. The van der Waals surface area contributed by atoms with Crippen LogP contribution >= 0.6 is 22.6 Å². The van der Waals surface area contributed by atoms with Gasteiger partial charge in [0, 0.05) is 28.3 Å². The fourth-order valence-corrected chi connectivity index (χ4v) is 2.15. The molecule has 1 fully saturated rings. The summed E-state index contributed by atoms with van der Waals surface area (Å²) in [6.07, 6.45) is 1.19. The zero-order chi connectivity index (χ0) is 9.80. The molecule has 2 rings (SSSR count). The van der Waals surface area contributed by atoms with Crippen molar-refractivity contribution in [1.29, 1.82) is 0 Å². The number of hydrogen-bond donors (Lipinski definition) is 1. The number of halogens is 1. The monoisotopic (exact) mass is 303 g/mol. The van der Waals surface area contributed by atoms with Crippen molar-refractivity contribution in [2.75, 3.05) is 25.1 Å². The van der Waals surface area contributed by atoms with Crippen LogP contribution in [-0.2, 0) is 4.74 Å². The summed E-state index contributed by atoms with van der Waals surface area (Å²) in [5.74, 6) is 0.688. The minimum absolute atomic E-state index is 0.688. The number of nitrogens with one attached hydrogen (secondary N) is 1. The first-order valence-electron chi connectivity index (χ1n) is 4.92. The molecule has 1 aliphatic rings. The Hall–Kier alpha value is -0.290. The number of rotatable bonds is 3. The SMILES string of the molecule is Ic1cccc(NC[C@H]2CCOC2)c1. The van der Waals surface area contributed by atoms with E-state index in [1.165, 1.54) is 15.7 Å². The lowest BCUT2D eigenvalue weighted by Crippen LogP contribution is -2.13. The van der Waals surface area contributed by atoms with E-state index >= 15 is 0 Å². The van der Waals surface area contributed by atoms with Crippen LogP contribution in [0, 0.1) is 9.49 Å². The maximum absolute atomic E-state index is 5.33. The molecule has 1 heterocycles. The summed E-state index contributed by atoms with van der Waals surface area (Å²) in [6, 6.07) is 8.45. The predicted octanol–water partition coefficient (Wildman–Crippen LogP) is 2.74. The van der Waals surface area contributed by atoms with Crippen LogP contribution in [0.3, 0.4) is 0 Å². The molecule has 0 unspecified atom stereocenters. The Kier molecular flexibility index (Phi) is 3.64. The highest BCUT2D eigenvalue weighted by atomic mass is 127. The van der Waals surface area contributed by atoms with Gasteiger partial charge in [0.05, 0.1) is 6.61 Å². The molecule has 76 valence electrons. The standard InChI is InChI=1S/C11H14INO/c12-10-2-1-3-11(6-10)13-7-9-4-5-14-8-9/h1-3,6,9,13H,4-5,7-8H2/t9-/m1/s1. The Bertz CT molecular complexity index is 297. The van der Waals surface area contributed by atoms with Gasteiger partial charge in [-0.3, -0.25) is 0 Å². The van der Waals surface area contributed by atoms with Crippen LogP contribution in [0.4, 0.5) is 5.69 Å². The van der Waals surface area contributed by atoms with Gasteiger partial charge >= 0.3 is 0 Å². The van der Waals surface area contributed by atoms with Crippen molar-refractivity contribution in [3.63, 3.8) is 0 Å². The lowest BCUT2D eigenvalue weighted by molar-refractivity contribution is 0.187. The maximum atomic E-state index is 5.33. The minimum atomic E-state index is 0.688. The Labute approximate surface area is 98.2 Å². The first-order valence-corrected chi connectivity index (χ1v) is 5.99. The fraction of sp³-hybridized carbons (Fsp3) is 0.455. The average Bonchev–Trinajstić information content (AvgIpc) is 2.67. The van der Waals surface area contributed by atoms with Gasteiger partial charge in [0.2, 0.25) is 0 Å². The highest BCUT2D eigenvalue weighted by Crippen LogP contribution is 2.16. The summed E-state index contributed by atoms with van der Waals surface area (Å²) in [5, 5.41) is 3.44. The minimum Gasteiger partial charge on any atom is -0.385 e. The van der Waals surface area contributed by atoms with Crippen LogP contribution in [0.5, 0.6) is 0 Å². The molecule has 1 atom stereocenters. The van der Waals surface area contributed by atoms with Gasteiger partial charge in [-0.1, -0.05) is 6.07 Å². The zero-order valence-electron chi connectivity index (χ0n) is 8.00. The first kappa shape index (κ1) is 10.2. The molecule has 14 heavy (non-hydrogen) atoms. The maximum Gasteiger partial charge on any atom is 0.0511 e. The third-order valence-corrected chi connectivity index (χ3v) is 3.11. The second-order valence-electron chi connectivity index (χ2n) is 3.62. The van der Waals surface area contributed by atoms with E-state index in [1.807, 2.05) is 0 Å². The summed E-state index contributed by atoms with van der Waals surface area (Å²) >= 11 is 2.33. The molecule has 2 nitrogen and oxygen atoms in total. The second kappa shape index (κ2) is 4.98. The third kappa shape index (κ3) is 2.85. The molecule has 0 aromatic heterocycles. The van der Waals surface area contributed by atoms with Crippen molar-refractivity contribution in [3.05, 3.63) is 27.8 Å². The Morgan fingerprint density at radius 1 is 1.50 bits per heavy atom. The first-order chi connectivity index (χ1) is 6.84. The molecular weight excluding hydrogens is 289 g/mol. The second-order valence-corrected chi connectivity index (χ2v) is 4.87. The van der Waals surface area contributed by atoms with Gasteiger partial charge in [-0.25, -0.2) is 0 Å². The normalized spacial score (nSPS) is 21.1. The summed E-state index contributed by atoms with van der Waals surface area (Å²) in [5.41, 5.74) is 1.21. The van der Waals surface area contributed by atoms with E-state index in [4.69, 9.17) is 4.74 Å². The molecule has 0 spiro atoms. The van der Waals surface area contributed by atoms with Crippen molar-refractivity contribution in [2.45, 2.75) is 6.42 Å². The van der Waals surface area contributed by atoms with Gasteiger partial charge in [0.25, 0.3) is 0 Å². The van der Waals surface area contributed by atoms with E-state index in [0.29, 0.717) is 5.92 Å². The highest BCUT2D eigenvalue weighted by molar-refractivity contribution is 14.1. The molecule has 1 saturated heterocycles. The number of anilines is 1. The van der Waals surface area contributed by atoms with E-state index in [2.05, 4.69) is 52.2 Å². The number of benzene rings is 1. The zero-order valence-corrected chi connectivity index (χ0v) is 10.2. The number of hydrogen-bond acceptors (Lipinski definition) is 2. The summed E-state index contributed by atoms with van der Waals surface area (Å²) in [4.78, 5) is 0. The lowest BCUT2D eigenvalue weighted by atomic mass is 10.1. The van der Waals surface area contributed by atoms with Crippen molar-refractivity contribution >= 4 is 28.3 Å². The summed E-state index contributed by atoms with van der Waals surface area (Å²) in [7, 11) is 0. The molecule has 0 amide bonds. The molecule has 0 saturated carbocycles. The predicted molar refractivity (Wildman–Crippen MR) is 66.6 cm³/mol. The Balaban J connectivity index is 1.85.